The van der Waals surface area contributed by atoms with E-state index in [4.69, 9.17) is 15.0 Å². The second kappa shape index (κ2) is 15.6. The molecule has 14 rings (SSSR count). The number of hydrogen-bond acceptors (Lipinski definition) is 3. The molecule has 4 heterocycles. The monoisotopic (exact) mass is 880 g/mol. The van der Waals surface area contributed by atoms with Crippen LogP contribution in [0.1, 0.15) is 0 Å². The van der Waals surface area contributed by atoms with Gasteiger partial charge in [-0.1, -0.05) is 182 Å². The summed E-state index contributed by atoms with van der Waals surface area (Å²) in [6.07, 6.45) is 0. The van der Waals surface area contributed by atoms with Crippen molar-refractivity contribution in [2.45, 2.75) is 0 Å². The molecule has 0 aliphatic rings. The van der Waals surface area contributed by atoms with Gasteiger partial charge in [0.2, 0.25) is 0 Å². The molecule has 0 bridgehead atoms. The Morgan fingerprint density at radius 1 is 0.232 bits per heavy atom. The van der Waals surface area contributed by atoms with E-state index in [0.717, 1.165) is 78.0 Å². The molecule has 10 aromatic carbocycles. The summed E-state index contributed by atoms with van der Waals surface area (Å²) in [5.41, 5.74) is 14.7. The van der Waals surface area contributed by atoms with Crippen LogP contribution in [0.25, 0.3) is 128 Å². The summed E-state index contributed by atoms with van der Waals surface area (Å²) in [4.78, 5) is 16.2. The quantitative estimate of drug-likeness (QED) is 0.160. The fourth-order valence-electron chi connectivity index (χ4n) is 10.7. The number of aromatic nitrogens is 6. The highest BCUT2D eigenvalue weighted by atomic mass is 15.1. The van der Waals surface area contributed by atoms with E-state index in [1.165, 1.54) is 32.3 Å². The van der Waals surface area contributed by atoms with Gasteiger partial charge in [-0.05, 0) is 66.2 Å². The van der Waals surface area contributed by atoms with E-state index in [1.54, 1.807) is 0 Å². The van der Waals surface area contributed by atoms with Crippen LogP contribution in [0.3, 0.4) is 0 Å². The zero-order chi connectivity index (χ0) is 45.4. The van der Waals surface area contributed by atoms with Crippen LogP contribution in [0.4, 0.5) is 0 Å². The van der Waals surface area contributed by atoms with Crippen LogP contribution < -0.4 is 0 Å². The maximum absolute atomic E-state index is 5.51. The number of hydrogen-bond donors (Lipinski definition) is 0. The zero-order valence-corrected chi connectivity index (χ0v) is 37.3. The number of fused-ring (bicyclic) bond motifs is 9. The molecule has 0 unspecified atom stereocenters. The molecule has 0 aliphatic carbocycles. The van der Waals surface area contributed by atoms with E-state index in [2.05, 4.69) is 238 Å². The molecule has 0 spiro atoms. The van der Waals surface area contributed by atoms with Crippen LogP contribution >= 0.6 is 0 Å². The van der Waals surface area contributed by atoms with Gasteiger partial charge in [0.05, 0.1) is 44.5 Å². The van der Waals surface area contributed by atoms with Crippen molar-refractivity contribution < 1.29 is 0 Å². The van der Waals surface area contributed by atoms with Crippen molar-refractivity contribution in [3.63, 3.8) is 0 Å². The fourth-order valence-corrected chi connectivity index (χ4v) is 10.7. The summed E-state index contributed by atoms with van der Waals surface area (Å²) in [6.45, 7) is 0. The minimum Gasteiger partial charge on any atom is -0.309 e. The van der Waals surface area contributed by atoms with E-state index in [0.29, 0.717) is 17.5 Å². The molecule has 6 heteroatoms. The average Bonchev–Trinajstić information content (AvgIpc) is 4.07. The van der Waals surface area contributed by atoms with Crippen LogP contribution in [0.5, 0.6) is 0 Å². The third-order valence-electron chi connectivity index (χ3n) is 13.7. The minimum absolute atomic E-state index is 0.575. The predicted octanol–water partition coefficient (Wildman–Crippen LogP) is 15.8. The largest absolute Gasteiger partial charge is 0.309 e. The van der Waals surface area contributed by atoms with Crippen molar-refractivity contribution in [1.82, 2.24) is 28.7 Å². The van der Waals surface area contributed by atoms with Gasteiger partial charge < -0.3 is 13.7 Å². The molecule has 69 heavy (non-hydrogen) atoms. The van der Waals surface area contributed by atoms with Gasteiger partial charge in [-0.3, -0.25) is 0 Å². The summed E-state index contributed by atoms with van der Waals surface area (Å²) in [5.74, 6) is 1.77. The van der Waals surface area contributed by atoms with Crippen LogP contribution in [-0.2, 0) is 0 Å². The summed E-state index contributed by atoms with van der Waals surface area (Å²) in [5, 5.41) is 7.11. The van der Waals surface area contributed by atoms with Crippen molar-refractivity contribution in [3.8, 4) is 62.4 Å². The van der Waals surface area contributed by atoms with E-state index >= 15 is 0 Å². The summed E-state index contributed by atoms with van der Waals surface area (Å²) in [7, 11) is 0. The summed E-state index contributed by atoms with van der Waals surface area (Å²) < 4.78 is 7.21. The Morgan fingerprint density at radius 3 is 1.04 bits per heavy atom. The Kier molecular flexibility index (Phi) is 8.79. The highest BCUT2D eigenvalue weighted by Gasteiger charge is 2.25. The third kappa shape index (κ3) is 6.16. The van der Waals surface area contributed by atoms with Crippen molar-refractivity contribution >= 4 is 65.4 Å². The minimum atomic E-state index is 0.575. The lowest BCUT2D eigenvalue weighted by atomic mass is 9.97. The number of benzene rings is 10. The molecule has 0 N–H and O–H groups in total. The summed E-state index contributed by atoms with van der Waals surface area (Å²) in [6, 6.07) is 86.4. The highest BCUT2D eigenvalue weighted by molar-refractivity contribution is 6.13. The van der Waals surface area contributed by atoms with E-state index in [1.807, 2.05) is 18.2 Å². The number of para-hydroxylation sites is 6. The lowest BCUT2D eigenvalue weighted by Gasteiger charge is -2.22. The molecule has 0 fully saturated rings. The van der Waals surface area contributed by atoms with Gasteiger partial charge in [0, 0.05) is 60.3 Å². The van der Waals surface area contributed by atoms with Crippen LogP contribution in [-0.4, -0.2) is 28.7 Å². The van der Waals surface area contributed by atoms with E-state index < -0.39 is 0 Å². The second-order valence-corrected chi connectivity index (χ2v) is 17.6. The van der Waals surface area contributed by atoms with Gasteiger partial charge in [0.25, 0.3) is 0 Å². The zero-order valence-electron chi connectivity index (χ0n) is 37.3. The molecule has 322 valence electrons. The third-order valence-corrected chi connectivity index (χ3v) is 13.7. The van der Waals surface area contributed by atoms with Crippen molar-refractivity contribution in [2.75, 3.05) is 0 Å². The smallest absolute Gasteiger partial charge is 0.164 e. The maximum atomic E-state index is 5.51. The Balaban J connectivity index is 1.11. The molecular weight excluding hydrogens is 841 g/mol. The topological polar surface area (TPSA) is 53.5 Å². The first-order valence-electron chi connectivity index (χ1n) is 23.4. The lowest BCUT2D eigenvalue weighted by Crippen LogP contribution is -2.06. The average molecular weight is 881 g/mol. The van der Waals surface area contributed by atoms with Gasteiger partial charge in [0.1, 0.15) is 0 Å². The maximum Gasteiger partial charge on any atom is 0.164 e. The van der Waals surface area contributed by atoms with Crippen molar-refractivity contribution in [1.29, 1.82) is 0 Å². The normalized spacial score (nSPS) is 11.8. The molecule has 0 radical (unpaired) electrons. The van der Waals surface area contributed by atoms with Gasteiger partial charge >= 0.3 is 0 Å². The number of rotatable bonds is 7. The predicted molar refractivity (Wildman–Crippen MR) is 285 cm³/mol. The van der Waals surface area contributed by atoms with Gasteiger partial charge in [-0.15, -0.1) is 0 Å². The van der Waals surface area contributed by atoms with Crippen molar-refractivity contribution in [3.05, 3.63) is 243 Å². The van der Waals surface area contributed by atoms with Gasteiger partial charge in [0.15, 0.2) is 17.5 Å². The van der Waals surface area contributed by atoms with Crippen LogP contribution in [0.2, 0.25) is 0 Å². The Morgan fingerprint density at radius 2 is 0.580 bits per heavy atom. The molecule has 4 aromatic heterocycles. The fraction of sp³-hybridized carbons (Fsp3) is 0. The first-order valence-corrected chi connectivity index (χ1v) is 23.4. The van der Waals surface area contributed by atoms with E-state index in [9.17, 15) is 0 Å². The molecule has 14 aromatic rings. The highest BCUT2D eigenvalue weighted by Crippen LogP contribution is 2.44. The molecule has 0 saturated carbocycles. The Bertz CT molecular complexity index is 4060. The molecule has 0 saturated heterocycles. The molecular formula is C63H40N6. The van der Waals surface area contributed by atoms with E-state index in [-0.39, 0.29) is 0 Å². The molecule has 0 amide bonds. The van der Waals surface area contributed by atoms with Crippen LogP contribution in [0, 0.1) is 0 Å². The molecule has 0 aliphatic heterocycles. The standard InChI is InChI=1S/C63H40N6/c1-4-20-41(21-5-1)60-58(68-53-32-16-11-26-46(53)47-27-12-17-33-54(47)68)39-44(40-59(60)69-55-34-18-13-28-48(55)49-29-14-19-35-56(49)69)63-65-61(42-22-6-2-7-23-42)64-62(66-63)43-36-37-51-50-30-10-15-31-52(50)67(57(51)38-43)45-24-8-3-9-25-45/h1-40H. The summed E-state index contributed by atoms with van der Waals surface area (Å²) >= 11 is 0. The Labute approximate surface area is 397 Å². The SMILES string of the molecule is c1ccc(-c2nc(-c3cc(-n4c5ccccc5c5ccccc54)c(-c4ccccc4)c(-n4c5ccccc5c5ccccc54)c3)nc(-c3ccc4c5ccccc5n(-c5ccccc5)c4c3)n2)cc1. The molecule has 6 nitrogen and oxygen atoms in total. The molecule has 0 atom stereocenters. The van der Waals surface area contributed by atoms with Gasteiger partial charge in [-0.25, -0.2) is 15.0 Å². The van der Waals surface area contributed by atoms with Crippen LogP contribution in [0.15, 0.2) is 243 Å². The number of nitrogens with zero attached hydrogens (tertiary/aromatic N) is 6. The van der Waals surface area contributed by atoms with Crippen molar-refractivity contribution in [2.24, 2.45) is 0 Å². The Hall–Kier alpha value is -9.39. The van der Waals surface area contributed by atoms with Gasteiger partial charge in [-0.2, -0.15) is 0 Å². The lowest BCUT2D eigenvalue weighted by molar-refractivity contribution is 1.07. The second-order valence-electron chi connectivity index (χ2n) is 17.6. The first kappa shape index (κ1) is 38.8. The first-order chi connectivity index (χ1) is 34.2.